The van der Waals surface area contributed by atoms with E-state index in [0.717, 1.165) is 6.42 Å². The predicted octanol–water partition coefficient (Wildman–Crippen LogP) is 2.38. The van der Waals surface area contributed by atoms with Gasteiger partial charge in [0.15, 0.2) is 0 Å². The van der Waals surface area contributed by atoms with Crippen molar-refractivity contribution in [1.82, 2.24) is 0 Å². The van der Waals surface area contributed by atoms with E-state index in [4.69, 9.17) is 4.74 Å². The minimum atomic E-state index is -0.443. The third-order valence-electron chi connectivity index (χ3n) is 1.43. The highest BCUT2D eigenvalue weighted by Gasteiger charge is 2.14. The lowest BCUT2D eigenvalue weighted by Gasteiger charge is -2.16. The van der Waals surface area contributed by atoms with Gasteiger partial charge in [0, 0.05) is 11.8 Å². The maximum Gasteiger partial charge on any atom is 0.384 e. The van der Waals surface area contributed by atoms with Crippen LogP contribution >= 0.6 is 0 Å². The molecule has 1 unspecified atom stereocenters. The molecule has 0 heterocycles. The van der Waals surface area contributed by atoms with Gasteiger partial charge >= 0.3 is 5.97 Å². The lowest BCUT2D eigenvalue weighted by atomic mass is 10.1. The van der Waals surface area contributed by atoms with E-state index in [1.807, 2.05) is 34.6 Å². The Kier molecular flexibility index (Phi) is 4.55. The van der Waals surface area contributed by atoms with Crippen LogP contribution in [0.15, 0.2) is 0 Å². The zero-order valence-electron chi connectivity index (χ0n) is 9.10. The number of rotatable bonds is 1. The molecule has 0 saturated carbocycles. The van der Waals surface area contributed by atoms with E-state index in [1.165, 1.54) is 0 Å². The Bertz CT molecular complexity index is 225. The summed E-state index contributed by atoms with van der Waals surface area (Å²) < 4.78 is 5.02. The molecule has 0 fully saturated rings. The molecule has 1 atom stereocenters. The summed E-state index contributed by atoms with van der Waals surface area (Å²) in [5.41, 5.74) is -0.443. The van der Waals surface area contributed by atoms with Gasteiger partial charge in [-0.2, -0.15) is 0 Å². The summed E-state index contributed by atoms with van der Waals surface area (Å²) in [6.07, 6.45) is 0.954. The molecule has 0 aliphatic carbocycles. The van der Waals surface area contributed by atoms with Crippen molar-refractivity contribution in [2.45, 2.75) is 46.6 Å². The molecular formula is C11H18O2. The summed E-state index contributed by atoms with van der Waals surface area (Å²) in [5.74, 6) is 5.13. The van der Waals surface area contributed by atoms with Crippen molar-refractivity contribution in [3.05, 3.63) is 0 Å². The number of esters is 1. The molecular weight excluding hydrogens is 164 g/mol. The summed E-state index contributed by atoms with van der Waals surface area (Å²) in [7, 11) is 0. The number of carbonyl (C=O) groups excluding carboxylic acids is 1. The highest BCUT2D eigenvalue weighted by Crippen LogP contribution is 2.06. The van der Waals surface area contributed by atoms with E-state index in [1.54, 1.807) is 0 Å². The van der Waals surface area contributed by atoms with Crippen LogP contribution in [0.1, 0.15) is 41.0 Å². The summed E-state index contributed by atoms with van der Waals surface area (Å²) >= 11 is 0. The standard InChI is InChI=1S/C11H18O2/c1-6-9(2)7-8-10(12)13-11(3,4)5/h9H,6H2,1-5H3. The lowest BCUT2D eigenvalue weighted by Crippen LogP contribution is -2.22. The Morgan fingerprint density at radius 2 is 2.00 bits per heavy atom. The van der Waals surface area contributed by atoms with Crippen molar-refractivity contribution < 1.29 is 9.53 Å². The van der Waals surface area contributed by atoms with E-state index in [9.17, 15) is 4.79 Å². The van der Waals surface area contributed by atoms with E-state index >= 15 is 0 Å². The molecule has 2 nitrogen and oxygen atoms in total. The number of hydrogen-bond acceptors (Lipinski definition) is 2. The van der Waals surface area contributed by atoms with Gasteiger partial charge in [-0.05, 0) is 27.2 Å². The van der Waals surface area contributed by atoms with Crippen LogP contribution in [0.3, 0.4) is 0 Å². The van der Waals surface area contributed by atoms with Crippen LogP contribution in [0.2, 0.25) is 0 Å². The summed E-state index contributed by atoms with van der Waals surface area (Å²) in [5, 5.41) is 0. The van der Waals surface area contributed by atoms with Gasteiger partial charge in [-0.15, -0.1) is 0 Å². The largest absolute Gasteiger partial charge is 0.450 e. The highest BCUT2D eigenvalue weighted by molar-refractivity contribution is 5.88. The van der Waals surface area contributed by atoms with E-state index in [-0.39, 0.29) is 5.92 Å². The van der Waals surface area contributed by atoms with Crippen molar-refractivity contribution >= 4 is 5.97 Å². The van der Waals surface area contributed by atoms with Gasteiger partial charge in [0.1, 0.15) is 5.60 Å². The molecule has 0 aliphatic rings. The van der Waals surface area contributed by atoms with Gasteiger partial charge in [0.25, 0.3) is 0 Å². The fourth-order valence-electron chi connectivity index (χ4n) is 0.588. The minimum Gasteiger partial charge on any atom is -0.450 e. The molecule has 2 heteroatoms. The topological polar surface area (TPSA) is 26.3 Å². The molecule has 0 aliphatic heterocycles. The predicted molar refractivity (Wildman–Crippen MR) is 53.1 cm³/mol. The van der Waals surface area contributed by atoms with Crippen LogP contribution in [-0.4, -0.2) is 11.6 Å². The molecule has 0 aromatic carbocycles. The number of carbonyl (C=O) groups is 1. The van der Waals surface area contributed by atoms with Crippen LogP contribution in [0, 0.1) is 17.8 Å². The molecule has 0 aromatic rings. The van der Waals surface area contributed by atoms with Crippen molar-refractivity contribution in [2.24, 2.45) is 5.92 Å². The number of hydrogen-bond donors (Lipinski definition) is 0. The fraction of sp³-hybridized carbons (Fsp3) is 0.727. The molecule has 0 amide bonds. The molecule has 0 saturated heterocycles. The lowest BCUT2D eigenvalue weighted by molar-refractivity contribution is -0.147. The second kappa shape index (κ2) is 4.91. The normalized spacial score (nSPS) is 12.7. The second-order valence-electron chi connectivity index (χ2n) is 4.08. The smallest absolute Gasteiger partial charge is 0.384 e. The maximum atomic E-state index is 11.1. The third kappa shape index (κ3) is 7.39. The van der Waals surface area contributed by atoms with Crippen LogP contribution in [0.5, 0.6) is 0 Å². The molecule has 0 spiro atoms. The van der Waals surface area contributed by atoms with Crippen molar-refractivity contribution in [3.63, 3.8) is 0 Å². The quantitative estimate of drug-likeness (QED) is 0.353. The SMILES string of the molecule is CCC(C)C#CC(=O)OC(C)(C)C. The molecule has 0 aromatic heterocycles. The van der Waals surface area contributed by atoms with E-state index in [2.05, 4.69) is 11.8 Å². The average molecular weight is 182 g/mol. The third-order valence-corrected chi connectivity index (χ3v) is 1.43. The first-order valence-corrected chi connectivity index (χ1v) is 4.59. The molecule has 13 heavy (non-hydrogen) atoms. The second-order valence-corrected chi connectivity index (χ2v) is 4.08. The summed E-state index contributed by atoms with van der Waals surface area (Å²) in [6, 6.07) is 0. The first-order valence-electron chi connectivity index (χ1n) is 4.59. The van der Waals surface area contributed by atoms with Crippen molar-refractivity contribution in [2.75, 3.05) is 0 Å². The average Bonchev–Trinajstić information content (AvgIpc) is 1.97. The Balaban J connectivity index is 4.06. The molecule has 0 N–H and O–H groups in total. The summed E-state index contributed by atoms with van der Waals surface area (Å²) in [4.78, 5) is 11.1. The molecule has 0 radical (unpaired) electrons. The van der Waals surface area contributed by atoms with Gasteiger partial charge in [0.2, 0.25) is 0 Å². The maximum absolute atomic E-state index is 11.1. The highest BCUT2D eigenvalue weighted by atomic mass is 16.6. The molecule has 0 rings (SSSR count). The number of ether oxygens (including phenoxy) is 1. The zero-order valence-corrected chi connectivity index (χ0v) is 9.10. The Morgan fingerprint density at radius 1 is 1.46 bits per heavy atom. The van der Waals surface area contributed by atoms with Crippen LogP contribution in [0.4, 0.5) is 0 Å². The zero-order chi connectivity index (χ0) is 10.5. The molecule has 0 bridgehead atoms. The van der Waals surface area contributed by atoms with Gasteiger partial charge in [0.05, 0.1) is 0 Å². The Morgan fingerprint density at radius 3 is 2.38 bits per heavy atom. The fourth-order valence-corrected chi connectivity index (χ4v) is 0.588. The Labute approximate surface area is 80.7 Å². The van der Waals surface area contributed by atoms with Gasteiger partial charge in [-0.1, -0.05) is 19.8 Å². The van der Waals surface area contributed by atoms with Gasteiger partial charge in [-0.25, -0.2) is 4.79 Å². The minimum absolute atomic E-state index is 0.257. The monoisotopic (exact) mass is 182 g/mol. The molecule has 74 valence electrons. The van der Waals surface area contributed by atoms with Gasteiger partial charge < -0.3 is 4.74 Å². The first-order chi connectivity index (χ1) is 5.85. The van der Waals surface area contributed by atoms with Crippen molar-refractivity contribution in [1.29, 1.82) is 0 Å². The van der Waals surface area contributed by atoms with Crippen molar-refractivity contribution in [3.8, 4) is 11.8 Å². The first kappa shape index (κ1) is 12.0. The van der Waals surface area contributed by atoms with E-state index in [0.29, 0.717) is 0 Å². The van der Waals surface area contributed by atoms with Crippen LogP contribution < -0.4 is 0 Å². The van der Waals surface area contributed by atoms with Crippen LogP contribution in [0.25, 0.3) is 0 Å². The summed E-state index contributed by atoms with van der Waals surface area (Å²) in [6.45, 7) is 9.51. The van der Waals surface area contributed by atoms with Gasteiger partial charge in [-0.3, -0.25) is 0 Å². The van der Waals surface area contributed by atoms with Crippen LogP contribution in [-0.2, 0) is 9.53 Å². The van der Waals surface area contributed by atoms with E-state index < -0.39 is 11.6 Å². The Hall–Kier alpha value is -0.970.